The predicted molar refractivity (Wildman–Crippen MR) is 111 cm³/mol. The highest BCUT2D eigenvalue weighted by atomic mass is 32.1. The Morgan fingerprint density at radius 3 is 2.55 bits per heavy atom. The number of amides is 2. The monoisotopic (exact) mass is 419 g/mol. The first kappa shape index (κ1) is 21.1. The van der Waals surface area contributed by atoms with Crippen LogP contribution in [-0.2, 0) is 14.3 Å². The summed E-state index contributed by atoms with van der Waals surface area (Å²) in [4.78, 5) is 26.9. The number of nitrogens with zero attached hydrogens (tertiary/aromatic N) is 1. The summed E-state index contributed by atoms with van der Waals surface area (Å²) in [5.41, 5.74) is 1.57. The molecule has 29 heavy (non-hydrogen) atoms. The number of hydrogen-bond acceptors (Lipinski definition) is 7. The van der Waals surface area contributed by atoms with Crippen LogP contribution in [0.15, 0.2) is 35.0 Å². The average Bonchev–Trinajstić information content (AvgIpc) is 3.29. The number of carbonyl (C=O) groups excluding carboxylic acids is 2. The molecular formula is C20H25N3O5S. The molecule has 2 aromatic rings. The van der Waals surface area contributed by atoms with E-state index in [1.54, 1.807) is 29.5 Å². The molecule has 1 saturated heterocycles. The van der Waals surface area contributed by atoms with Gasteiger partial charge in [0.15, 0.2) is 11.5 Å². The van der Waals surface area contributed by atoms with Crippen LogP contribution in [-0.4, -0.2) is 63.8 Å². The van der Waals surface area contributed by atoms with E-state index in [4.69, 9.17) is 14.2 Å². The van der Waals surface area contributed by atoms with Gasteiger partial charge in [-0.2, -0.15) is 11.3 Å². The Labute approximate surface area is 173 Å². The molecule has 1 aliphatic rings. The number of ether oxygens (including phenoxy) is 3. The molecule has 2 heterocycles. The van der Waals surface area contributed by atoms with E-state index in [0.29, 0.717) is 36.9 Å². The lowest BCUT2D eigenvalue weighted by Gasteiger charge is -2.34. The molecule has 0 spiro atoms. The van der Waals surface area contributed by atoms with Crippen molar-refractivity contribution in [1.82, 2.24) is 10.2 Å². The molecule has 1 aliphatic heterocycles. The van der Waals surface area contributed by atoms with Crippen LogP contribution in [0.3, 0.4) is 0 Å². The standard InChI is InChI=1S/C20H25N3O5S/c1-26-17-4-3-15(11-18(17)27-2)22-20(25)19(24)21-12-16(14-5-10-29-13-14)23-6-8-28-9-7-23/h3-5,10-11,13,16H,6-9,12H2,1-2H3,(H,21,24)(H,22,25). The van der Waals surface area contributed by atoms with Crippen LogP contribution in [0.4, 0.5) is 5.69 Å². The number of nitrogens with one attached hydrogen (secondary N) is 2. The van der Waals surface area contributed by atoms with Gasteiger partial charge >= 0.3 is 11.8 Å². The Kier molecular flexibility index (Phi) is 7.45. The van der Waals surface area contributed by atoms with E-state index < -0.39 is 11.8 Å². The zero-order valence-electron chi connectivity index (χ0n) is 16.5. The van der Waals surface area contributed by atoms with Crippen LogP contribution in [0.25, 0.3) is 0 Å². The van der Waals surface area contributed by atoms with Gasteiger partial charge < -0.3 is 24.8 Å². The Bertz CT molecular complexity index is 822. The molecule has 0 radical (unpaired) electrons. The molecule has 2 amide bonds. The number of rotatable bonds is 7. The molecular weight excluding hydrogens is 394 g/mol. The quantitative estimate of drug-likeness (QED) is 0.667. The van der Waals surface area contributed by atoms with Gasteiger partial charge in [-0.1, -0.05) is 0 Å². The fourth-order valence-corrected chi connectivity index (χ4v) is 3.89. The number of hydrogen-bond donors (Lipinski definition) is 2. The number of benzene rings is 1. The molecule has 9 heteroatoms. The summed E-state index contributed by atoms with van der Waals surface area (Å²) in [6, 6.07) is 6.96. The molecule has 3 rings (SSSR count). The number of anilines is 1. The lowest BCUT2D eigenvalue weighted by atomic mass is 10.1. The average molecular weight is 420 g/mol. The molecule has 0 saturated carbocycles. The molecule has 156 valence electrons. The maximum Gasteiger partial charge on any atom is 0.313 e. The van der Waals surface area contributed by atoms with Crippen LogP contribution in [0.1, 0.15) is 11.6 Å². The topological polar surface area (TPSA) is 89.1 Å². The van der Waals surface area contributed by atoms with Gasteiger partial charge in [-0.25, -0.2) is 0 Å². The van der Waals surface area contributed by atoms with Gasteiger partial charge in [0, 0.05) is 31.4 Å². The molecule has 1 fully saturated rings. The van der Waals surface area contributed by atoms with Crippen LogP contribution in [0.2, 0.25) is 0 Å². The van der Waals surface area contributed by atoms with E-state index in [-0.39, 0.29) is 6.04 Å². The number of carbonyl (C=O) groups is 2. The van der Waals surface area contributed by atoms with Crippen molar-refractivity contribution in [2.24, 2.45) is 0 Å². The van der Waals surface area contributed by atoms with Crippen LogP contribution in [0, 0.1) is 0 Å². The number of thiophene rings is 1. The SMILES string of the molecule is COc1ccc(NC(=O)C(=O)NCC(c2ccsc2)N2CCOCC2)cc1OC. The minimum atomic E-state index is -0.733. The molecule has 1 aromatic carbocycles. The Morgan fingerprint density at radius 1 is 1.14 bits per heavy atom. The fourth-order valence-electron chi connectivity index (χ4n) is 3.18. The second-order valence-electron chi connectivity index (χ2n) is 6.45. The van der Waals surface area contributed by atoms with E-state index in [9.17, 15) is 9.59 Å². The zero-order chi connectivity index (χ0) is 20.6. The maximum atomic E-state index is 12.4. The molecule has 1 unspecified atom stereocenters. The third kappa shape index (κ3) is 5.47. The van der Waals surface area contributed by atoms with Crippen molar-refractivity contribution in [1.29, 1.82) is 0 Å². The van der Waals surface area contributed by atoms with Crippen molar-refractivity contribution in [2.75, 3.05) is 52.4 Å². The van der Waals surface area contributed by atoms with Crippen LogP contribution >= 0.6 is 11.3 Å². The van der Waals surface area contributed by atoms with E-state index in [0.717, 1.165) is 18.7 Å². The van der Waals surface area contributed by atoms with Gasteiger partial charge in [0.05, 0.1) is 33.5 Å². The summed E-state index contributed by atoms with van der Waals surface area (Å²) < 4.78 is 15.8. The summed E-state index contributed by atoms with van der Waals surface area (Å²) >= 11 is 1.61. The highest BCUT2D eigenvalue weighted by Gasteiger charge is 2.25. The van der Waals surface area contributed by atoms with Gasteiger partial charge in [0.2, 0.25) is 0 Å². The molecule has 0 aliphatic carbocycles. The van der Waals surface area contributed by atoms with E-state index in [1.165, 1.54) is 14.2 Å². The Hall–Kier alpha value is -2.62. The van der Waals surface area contributed by atoms with Crippen molar-refractivity contribution in [3.63, 3.8) is 0 Å². The normalized spacial score (nSPS) is 15.4. The molecule has 2 N–H and O–H groups in total. The highest BCUT2D eigenvalue weighted by molar-refractivity contribution is 7.08. The summed E-state index contributed by atoms with van der Waals surface area (Å²) in [7, 11) is 3.04. The van der Waals surface area contributed by atoms with Gasteiger partial charge in [0.1, 0.15) is 0 Å². The summed E-state index contributed by atoms with van der Waals surface area (Å²) in [6.45, 7) is 3.24. The number of morpholine rings is 1. The van der Waals surface area contributed by atoms with E-state index in [2.05, 4.69) is 20.9 Å². The second-order valence-corrected chi connectivity index (χ2v) is 7.23. The summed E-state index contributed by atoms with van der Waals surface area (Å²) in [6.07, 6.45) is 0. The van der Waals surface area contributed by atoms with Crippen molar-refractivity contribution in [2.45, 2.75) is 6.04 Å². The number of methoxy groups -OCH3 is 2. The van der Waals surface area contributed by atoms with Crippen molar-refractivity contribution in [3.05, 3.63) is 40.6 Å². The van der Waals surface area contributed by atoms with Crippen molar-refractivity contribution in [3.8, 4) is 11.5 Å². The molecule has 8 nitrogen and oxygen atoms in total. The lowest BCUT2D eigenvalue weighted by Crippen LogP contribution is -2.45. The smallest absolute Gasteiger partial charge is 0.313 e. The van der Waals surface area contributed by atoms with Crippen LogP contribution < -0.4 is 20.1 Å². The lowest BCUT2D eigenvalue weighted by molar-refractivity contribution is -0.136. The van der Waals surface area contributed by atoms with E-state index >= 15 is 0 Å². The first-order valence-electron chi connectivity index (χ1n) is 9.27. The van der Waals surface area contributed by atoms with Gasteiger partial charge in [-0.3, -0.25) is 14.5 Å². The van der Waals surface area contributed by atoms with Gasteiger partial charge in [-0.15, -0.1) is 0 Å². The van der Waals surface area contributed by atoms with Gasteiger partial charge in [-0.05, 0) is 34.5 Å². The van der Waals surface area contributed by atoms with Crippen LogP contribution in [0.5, 0.6) is 11.5 Å². The molecule has 0 bridgehead atoms. The third-order valence-corrected chi connectivity index (χ3v) is 5.42. The van der Waals surface area contributed by atoms with E-state index in [1.807, 2.05) is 11.4 Å². The Morgan fingerprint density at radius 2 is 1.90 bits per heavy atom. The van der Waals surface area contributed by atoms with Crippen molar-refractivity contribution >= 4 is 28.8 Å². The molecule has 1 atom stereocenters. The summed E-state index contributed by atoms with van der Waals surface area (Å²) in [5, 5.41) is 9.42. The largest absolute Gasteiger partial charge is 0.493 e. The minimum Gasteiger partial charge on any atom is -0.493 e. The highest BCUT2D eigenvalue weighted by Crippen LogP contribution is 2.29. The Balaban J connectivity index is 1.60. The zero-order valence-corrected chi connectivity index (χ0v) is 17.3. The first-order chi connectivity index (χ1) is 14.1. The second kappa shape index (κ2) is 10.2. The molecule has 1 aromatic heterocycles. The summed E-state index contributed by atoms with van der Waals surface area (Å²) in [5.74, 6) is -0.411. The van der Waals surface area contributed by atoms with Crippen molar-refractivity contribution < 1.29 is 23.8 Å². The maximum absolute atomic E-state index is 12.4. The van der Waals surface area contributed by atoms with Gasteiger partial charge in [0.25, 0.3) is 0 Å². The fraction of sp³-hybridized carbons (Fsp3) is 0.400. The predicted octanol–water partition coefficient (Wildman–Crippen LogP) is 1.89. The first-order valence-corrected chi connectivity index (χ1v) is 10.2. The minimum absolute atomic E-state index is 0.00276. The third-order valence-electron chi connectivity index (χ3n) is 4.72.